The Labute approximate surface area is 173 Å². The van der Waals surface area contributed by atoms with E-state index in [1.807, 2.05) is 37.3 Å². The summed E-state index contributed by atoms with van der Waals surface area (Å²) in [7, 11) is 0. The molecule has 1 N–H and O–H groups in total. The Morgan fingerprint density at radius 3 is 2.67 bits per heavy atom. The monoisotopic (exact) mass is 408 g/mol. The van der Waals surface area contributed by atoms with Crippen molar-refractivity contribution in [2.24, 2.45) is 5.16 Å². The lowest BCUT2D eigenvalue weighted by Gasteiger charge is -2.15. The SMILES string of the molecule is Cc1cc(OCC=NOC=O)c(F)c(C)c1Cc1ccc(O)c(-c2ccccc2)n1. The molecule has 154 valence electrons. The third-order valence-electron chi connectivity index (χ3n) is 4.65. The van der Waals surface area contributed by atoms with Crippen molar-refractivity contribution in [1.82, 2.24) is 4.98 Å². The van der Waals surface area contributed by atoms with Gasteiger partial charge in [0, 0.05) is 17.7 Å². The lowest BCUT2D eigenvalue weighted by atomic mass is 9.97. The molecule has 0 saturated heterocycles. The van der Waals surface area contributed by atoms with Crippen molar-refractivity contribution in [2.45, 2.75) is 20.3 Å². The van der Waals surface area contributed by atoms with Crippen LogP contribution in [0.25, 0.3) is 11.3 Å². The van der Waals surface area contributed by atoms with Crippen LogP contribution in [0, 0.1) is 19.7 Å². The molecule has 0 radical (unpaired) electrons. The highest BCUT2D eigenvalue weighted by Crippen LogP contribution is 2.31. The Balaban J connectivity index is 1.85. The number of pyridine rings is 1. The lowest BCUT2D eigenvalue weighted by molar-refractivity contribution is -0.128. The van der Waals surface area contributed by atoms with E-state index in [-0.39, 0.29) is 24.6 Å². The van der Waals surface area contributed by atoms with Crippen molar-refractivity contribution in [3.8, 4) is 22.8 Å². The van der Waals surface area contributed by atoms with Gasteiger partial charge < -0.3 is 14.7 Å². The summed E-state index contributed by atoms with van der Waals surface area (Å²) in [4.78, 5) is 18.8. The second-order valence-electron chi connectivity index (χ2n) is 6.62. The van der Waals surface area contributed by atoms with Crippen LogP contribution in [-0.2, 0) is 16.1 Å². The summed E-state index contributed by atoms with van der Waals surface area (Å²) in [5, 5.41) is 13.5. The summed E-state index contributed by atoms with van der Waals surface area (Å²) in [6.07, 6.45) is 1.63. The summed E-state index contributed by atoms with van der Waals surface area (Å²) >= 11 is 0. The first kappa shape index (κ1) is 21.0. The first-order chi connectivity index (χ1) is 14.5. The molecule has 0 amide bonds. The summed E-state index contributed by atoms with van der Waals surface area (Å²) in [5.41, 5.74) is 4.11. The molecule has 0 bridgehead atoms. The normalized spacial score (nSPS) is 10.9. The van der Waals surface area contributed by atoms with Gasteiger partial charge >= 0.3 is 6.47 Å². The van der Waals surface area contributed by atoms with E-state index in [9.17, 15) is 14.3 Å². The van der Waals surface area contributed by atoms with Crippen molar-refractivity contribution in [2.75, 3.05) is 6.61 Å². The van der Waals surface area contributed by atoms with Crippen LogP contribution >= 0.6 is 0 Å². The Bertz CT molecular complexity index is 1070. The number of hydrogen-bond acceptors (Lipinski definition) is 6. The first-order valence-corrected chi connectivity index (χ1v) is 9.28. The first-order valence-electron chi connectivity index (χ1n) is 9.28. The smallest absolute Gasteiger partial charge is 0.323 e. The van der Waals surface area contributed by atoms with Crippen LogP contribution in [0.15, 0.2) is 53.7 Å². The van der Waals surface area contributed by atoms with Crippen molar-refractivity contribution in [1.29, 1.82) is 0 Å². The van der Waals surface area contributed by atoms with Crippen LogP contribution in [-0.4, -0.2) is 29.4 Å². The van der Waals surface area contributed by atoms with Crippen molar-refractivity contribution in [3.05, 3.63) is 76.7 Å². The van der Waals surface area contributed by atoms with Gasteiger partial charge in [0.2, 0.25) is 0 Å². The molecule has 3 aromatic rings. The number of rotatable bonds is 8. The minimum Gasteiger partial charge on any atom is -0.506 e. The molecule has 30 heavy (non-hydrogen) atoms. The number of hydrogen-bond donors (Lipinski definition) is 1. The molecule has 6 nitrogen and oxygen atoms in total. The van der Waals surface area contributed by atoms with Gasteiger partial charge in [0.15, 0.2) is 11.6 Å². The molecule has 0 fully saturated rings. The van der Waals surface area contributed by atoms with E-state index in [2.05, 4.69) is 15.0 Å². The van der Waals surface area contributed by atoms with Gasteiger partial charge in [-0.05, 0) is 48.7 Å². The number of nitrogens with zero attached hydrogens (tertiary/aromatic N) is 2. The van der Waals surface area contributed by atoms with Crippen molar-refractivity contribution < 1.29 is 23.9 Å². The molecule has 3 rings (SSSR count). The van der Waals surface area contributed by atoms with Gasteiger partial charge in [0.05, 0.1) is 6.21 Å². The summed E-state index contributed by atoms with van der Waals surface area (Å²) in [5.74, 6) is -0.286. The zero-order valence-electron chi connectivity index (χ0n) is 16.6. The van der Waals surface area contributed by atoms with Gasteiger partial charge in [-0.25, -0.2) is 9.37 Å². The van der Waals surface area contributed by atoms with E-state index in [4.69, 9.17) is 4.74 Å². The molecule has 0 unspecified atom stereocenters. The fourth-order valence-electron chi connectivity index (χ4n) is 3.14. The highest BCUT2D eigenvalue weighted by molar-refractivity contribution is 5.66. The van der Waals surface area contributed by atoms with E-state index in [0.717, 1.165) is 16.7 Å². The Morgan fingerprint density at radius 1 is 1.17 bits per heavy atom. The number of carbonyl (C=O) groups is 1. The number of aromatic hydroxyl groups is 1. The largest absolute Gasteiger partial charge is 0.506 e. The molecule has 0 spiro atoms. The minimum atomic E-state index is -0.470. The maximum atomic E-state index is 14.8. The molecule has 0 saturated carbocycles. The van der Waals surface area contributed by atoms with Crippen molar-refractivity contribution >= 4 is 12.7 Å². The Hall–Kier alpha value is -3.74. The summed E-state index contributed by atoms with van der Waals surface area (Å²) in [6.45, 7) is 3.70. The quantitative estimate of drug-likeness (QED) is 0.260. The highest BCUT2D eigenvalue weighted by atomic mass is 19.1. The van der Waals surface area contributed by atoms with Gasteiger partial charge in [-0.3, -0.25) is 4.79 Å². The van der Waals surface area contributed by atoms with Gasteiger partial charge in [0.25, 0.3) is 0 Å². The van der Waals surface area contributed by atoms with Crippen LogP contribution < -0.4 is 4.74 Å². The zero-order valence-corrected chi connectivity index (χ0v) is 16.6. The predicted octanol–water partition coefficient (Wildman–Crippen LogP) is 4.34. The second kappa shape index (κ2) is 9.65. The molecular formula is C23H21FN2O4. The second-order valence-corrected chi connectivity index (χ2v) is 6.62. The van der Waals surface area contributed by atoms with Gasteiger partial charge in [-0.2, -0.15) is 0 Å². The van der Waals surface area contributed by atoms with E-state index in [0.29, 0.717) is 23.4 Å². The predicted molar refractivity (Wildman–Crippen MR) is 111 cm³/mol. The summed E-state index contributed by atoms with van der Waals surface area (Å²) in [6, 6.07) is 14.3. The molecular weight excluding hydrogens is 387 g/mol. The van der Waals surface area contributed by atoms with E-state index < -0.39 is 5.82 Å². The standard InChI is InChI=1S/C23H21FN2O4/c1-15-12-21(29-11-10-25-30-14-27)22(24)16(2)19(15)13-18-8-9-20(28)23(26-18)17-6-4-3-5-7-17/h3-10,12,14,28H,11,13H2,1-2H3. The van der Waals surface area contributed by atoms with Crippen LogP contribution in [0.1, 0.15) is 22.4 Å². The van der Waals surface area contributed by atoms with E-state index in [1.165, 1.54) is 6.21 Å². The maximum absolute atomic E-state index is 14.8. The molecule has 0 aliphatic rings. The number of aryl methyl sites for hydroxylation is 1. The third-order valence-corrected chi connectivity index (χ3v) is 4.65. The number of aromatic nitrogens is 1. The van der Waals surface area contributed by atoms with Crippen LogP contribution in [0.4, 0.5) is 4.39 Å². The molecule has 0 atom stereocenters. The van der Waals surface area contributed by atoms with Crippen molar-refractivity contribution in [3.63, 3.8) is 0 Å². The fourth-order valence-corrected chi connectivity index (χ4v) is 3.14. The van der Waals surface area contributed by atoms with E-state index in [1.54, 1.807) is 25.1 Å². The maximum Gasteiger partial charge on any atom is 0.323 e. The Kier molecular flexibility index (Phi) is 6.75. The number of ether oxygens (including phenoxy) is 1. The number of halogens is 1. The topological polar surface area (TPSA) is 81.0 Å². The van der Waals surface area contributed by atoms with Gasteiger partial charge in [-0.1, -0.05) is 35.5 Å². The molecule has 1 aromatic heterocycles. The lowest BCUT2D eigenvalue weighted by Crippen LogP contribution is -2.06. The number of benzene rings is 2. The average Bonchev–Trinajstić information content (AvgIpc) is 2.76. The molecule has 2 aromatic carbocycles. The summed E-state index contributed by atoms with van der Waals surface area (Å²) < 4.78 is 20.2. The Morgan fingerprint density at radius 2 is 1.93 bits per heavy atom. The minimum absolute atomic E-state index is 0.0388. The zero-order chi connectivity index (χ0) is 21.5. The molecule has 0 aliphatic carbocycles. The third kappa shape index (κ3) is 4.81. The van der Waals surface area contributed by atoms with Gasteiger partial charge in [-0.15, -0.1) is 0 Å². The molecule has 0 aliphatic heterocycles. The van der Waals surface area contributed by atoms with Crippen LogP contribution in [0.2, 0.25) is 0 Å². The highest BCUT2D eigenvalue weighted by Gasteiger charge is 2.16. The van der Waals surface area contributed by atoms with Crippen LogP contribution in [0.5, 0.6) is 11.5 Å². The van der Waals surface area contributed by atoms with Crippen LogP contribution in [0.3, 0.4) is 0 Å². The fraction of sp³-hybridized carbons (Fsp3) is 0.174. The molecule has 7 heteroatoms. The number of oxime groups is 1. The van der Waals surface area contributed by atoms with Gasteiger partial charge in [0.1, 0.15) is 18.1 Å². The number of carbonyl (C=O) groups excluding carboxylic acids is 1. The molecule has 1 heterocycles. The van der Waals surface area contributed by atoms with E-state index >= 15 is 0 Å². The average molecular weight is 408 g/mol.